The summed E-state index contributed by atoms with van der Waals surface area (Å²) in [6.07, 6.45) is 1.15. The van der Waals surface area contributed by atoms with Crippen LogP contribution in [0.4, 0.5) is 17.1 Å². The highest BCUT2D eigenvalue weighted by molar-refractivity contribution is 5.90. The van der Waals surface area contributed by atoms with Gasteiger partial charge in [-0.15, -0.1) is 0 Å². The lowest BCUT2D eigenvalue weighted by Crippen LogP contribution is -2.41. The van der Waals surface area contributed by atoms with Gasteiger partial charge in [-0.2, -0.15) is 0 Å². The van der Waals surface area contributed by atoms with Crippen molar-refractivity contribution < 1.29 is 9.53 Å². The molecule has 0 aliphatic carbocycles. The molecular formula is C23H30N2O2. The summed E-state index contributed by atoms with van der Waals surface area (Å²) >= 11 is 0. The monoisotopic (exact) mass is 366 g/mol. The van der Waals surface area contributed by atoms with Crippen LogP contribution in [0.2, 0.25) is 0 Å². The Hall–Kier alpha value is -2.49. The number of fused-ring (bicyclic) bond motifs is 1. The van der Waals surface area contributed by atoms with E-state index in [1.54, 1.807) is 12.1 Å². The van der Waals surface area contributed by atoms with E-state index in [-0.39, 0.29) is 11.4 Å². The summed E-state index contributed by atoms with van der Waals surface area (Å²) in [5.74, 6) is -0.284. The molecule has 0 aromatic heterocycles. The van der Waals surface area contributed by atoms with Crippen molar-refractivity contribution >= 4 is 23.0 Å². The molecule has 2 aromatic rings. The van der Waals surface area contributed by atoms with Gasteiger partial charge in [0, 0.05) is 29.6 Å². The number of anilines is 3. The Morgan fingerprint density at radius 1 is 1.15 bits per heavy atom. The zero-order valence-electron chi connectivity index (χ0n) is 17.0. The SMILES string of the molecule is CCOC(=O)c1ccc(Nc2ccc3c(c2)C(C)(C)CCN3C(C)C)cc1. The van der Waals surface area contributed by atoms with Crippen molar-refractivity contribution in [1.82, 2.24) is 0 Å². The molecule has 3 rings (SSSR count). The molecule has 1 aliphatic heterocycles. The number of carbonyl (C=O) groups is 1. The summed E-state index contributed by atoms with van der Waals surface area (Å²) in [6.45, 7) is 12.4. The Kier molecular flexibility index (Phi) is 5.45. The van der Waals surface area contributed by atoms with Crippen LogP contribution < -0.4 is 10.2 Å². The van der Waals surface area contributed by atoms with E-state index in [2.05, 4.69) is 56.1 Å². The number of nitrogens with one attached hydrogen (secondary N) is 1. The summed E-state index contributed by atoms with van der Waals surface area (Å²) in [7, 11) is 0. The fourth-order valence-corrected chi connectivity index (χ4v) is 3.67. The highest BCUT2D eigenvalue weighted by atomic mass is 16.5. The van der Waals surface area contributed by atoms with Gasteiger partial charge in [-0.1, -0.05) is 13.8 Å². The molecule has 1 N–H and O–H groups in total. The number of benzene rings is 2. The van der Waals surface area contributed by atoms with Crippen LogP contribution in [-0.2, 0) is 10.2 Å². The van der Waals surface area contributed by atoms with Crippen molar-refractivity contribution in [2.24, 2.45) is 0 Å². The number of carbonyl (C=O) groups excluding carboxylic acids is 1. The molecule has 0 saturated heterocycles. The van der Waals surface area contributed by atoms with Crippen LogP contribution in [0.1, 0.15) is 57.0 Å². The largest absolute Gasteiger partial charge is 0.462 e. The van der Waals surface area contributed by atoms with Crippen LogP contribution in [0, 0.1) is 0 Å². The molecule has 2 aromatic carbocycles. The lowest BCUT2D eigenvalue weighted by molar-refractivity contribution is 0.0526. The molecule has 0 bridgehead atoms. The van der Waals surface area contributed by atoms with Gasteiger partial charge in [-0.05, 0) is 80.6 Å². The first-order valence-electron chi connectivity index (χ1n) is 9.77. The van der Waals surface area contributed by atoms with Gasteiger partial charge in [-0.25, -0.2) is 4.79 Å². The van der Waals surface area contributed by atoms with Gasteiger partial charge in [0.05, 0.1) is 12.2 Å². The third-order valence-electron chi connectivity index (χ3n) is 5.32. The first-order chi connectivity index (χ1) is 12.8. The summed E-state index contributed by atoms with van der Waals surface area (Å²) in [5, 5.41) is 3.46. The maximum Gasteiger partial charge on any atom is 0.338 e. The van der Waals surface area contributed by atoms with E-state index < -0.39 is 0 Å². The minimum atomic E-state index is -0.284. The molecule has 0 saturated carbocycles. The molecule has 4 heteroatoms. The quantitative estimate of drug-likeness (QED) is 0.709. The Morgan fingerprint density at radius 2 is 1.81 bits per heavy atom. The molecule has 0 amide bonds. The highest BCUT2D eigenvalue weighted by Crippen LogP contribution is 2.42. The van der Waals surface area contributed by atoms with E-state index in [0.717, 1.165) is 24.3 Å². The Balaban J connectivity index is 1.83. The van der Waals surface area contributed by atoms with Gasteiger partial charge >= 0.3 is 5.97 Å². The van der Waals surface area contributed by atoms with Crippen molar-refractivity contribution in [3.63, 3.8) is 0 Å². The summed E-state index contributed by atoms with van der Waals surface area (Å²) < 4.78 is 5.04. The molecule has 0 fully saturated rings. The first-order valence-corrected chi connectivity index (χ1v) is 9.77. The maximum atomic E-state index is 11.8. The second-order valence-corrected chi connectivity index (χ2v) is 8.08. The smallest absolute Gasteiger partial charge is 0.338 e. The number of rotatable bonds is 5. The zero-order valence-corrected chi connectivity index (χ0v) is 17.0. The fraction of sp³-hybridized carbons (Fsp3) is 0.435. The van der Waals surface area contributed by atoms with Gasteiger partial charge in [0.2, 0.25) is 0 Å². The summed E-state index contributed by atoms with van der Waals surface area (Å²) in [6, 6.07) is 14.5. The van der Waals surface area contributed by atoms with E-state index in [0.29, 0.717) is 18.2 Å². The third kappa shape index (κ3) is 4.10. The highest BCUT2D eigenvalue weighted by Gasteiger charge is 2.32. The van der Waals surface area contributed by atoms with Crippen LogP contribution in [0.5, 0.6) is 0 Å². The molecule has 27 heavy (non-hydrogen) atoms. The molecular weight excluding hydrogens is 336 g/mol. The molecule has 0 unspecified atom stereocenters. The third-order valence-corrected chi connectivity index (χ3v) is 5.32. The second kappa shape index (κ2) is 7.63. The average Bonchev–Trinajstić information content (AvgIpc) is 2.62. The molecule has 1 aliphatic rings. The second-order valence-electron chi connectivity index (χ2n) is 8.08. The minimum Gasteiger partial charge on any atom is -0.462 e. The number of esters is 1. The molecule has 0 radical (unpaired) electrons. The first kappa shape index (κ1) is 19.3. The van der Waals surface area contributed by atoms with Crippen molar-refractivity contribution in [1.29, 1.82) is 0 Å². The predicted molar refractivity (Wildman–Crippen MR) is 112 cm³/mol. The fourth-order valence-electron chi connectivity index (χ4n) is 3.67. The Morgan fingerprint density at radius 3 is 2.44 bits per heavy atom. The average molecular weight is 367 g/mol. The van der Waals surface area contributed by atoms with Gasteiger partial charge in [0.25, 0.3) is 0 Å². The minimum absolute atomic E-state index is 0.159. The van der Waals surface area contributed by atoms with Gasteiger partial charge < -0.3 is 15.0 Å². The Labute approximate surface area is 162 Å². The number of nitrogens with zero attached hydrogens (tertiary/aromatic N) is 1. The van der Waals surface area contributed by atoms with E-state index in [1.807, 2.05) is 19.1 Å². The molecule has 0 atom stereocenters. The molecule has 144 valence electrons. The Bertz CT molecular complexity index is 810. The molecule has 4 nitrogen and oxygen atoms in total. The van der Waals surface area contributed by atoms with Crippen LogP contribution >= 0.6 is 0 Å². The maximum absolute atomic E-state index is 11.8. The van der Waals surface area contributed by atoms with Crippen LogP contribution in [0.15, 0.2) is 42.5 Å². The van der Waals surface area contributed by atoms with Crippen LogP contribution in [0.3, 0.4) is 0 Å². The predicted octanol–water partition coefficient (Wildman–Crippen LogP) is 5.50. The van der Waals surface area contributed by atoms with Crippen molar-refractivity contribution in [3.8, 4) is 0 Å². The summed E-state index contributed by atoms with van der Waals surface area (Å²) in [4.78, 5) is 14.3. The van der Waals surface area contributed by atoms with E-state index in [1.165, 1.54) is 11.3 Å². The van der Waals surface area contributed by atoms with E-state index >= 15 is 0 Å². The van der Waals surface area contributed by atoms with E-state index in [4.69, 9.17) is 4.74 Å². The molecule has 1 heterocycles. The lowest BCUT2D eigenvalue weighted by atomic mass is 9.77. The van der Waals surface area contributed by atoms with Crippen molar-refractivity contribution in [2.45, 2.75) is 52.5 Å². The van der Waals surface area contributed by atoms with Crippen LogP contribution in [-0.4, -0.2) is 25.2 Å². The van der Waals surface area contributed by atoms with Gasteiger partial charge in [0.1, 0.15) is 0 Å². The van der Waals surface area contributed by atoms with Crippen molar-refractivity contribution in [3.05, 3.63) is 53.6 Å². The standard InChI is InChI=1S/C23H30N2O2/c1-6-27-22(26)17-7-9-18(10-8-17)24-19-11-12-21-20(15-19)23(4,5)13-14-25(21)16(2)3/h7-12,15-16,24H,6,13-14H2,1-5H3. The normalized spacial score (nSPS) is 15.4. The topological polar surface area (TPSA) is 41.6 Å². The van der Waals surface area contributed by atoms with Crippen LogP contribution in [0.25, 0.3) is 0 Å². The number of hydrogen-bond acceptors (Lipinski definition) is 4. The number of hydrogen-bond donors (Lipinski definition) is 1. The van der Waals surface area contributed by atoms with Crippen molar-refractivity contribution in [2.75, 3.05) is 23.4 Å². The molecule has 0 spiro atoms. The van der Waals surface area contributed by atoms with Gasteiger partial charge in [-0.3, -0.25) is 0 Å². The summed E-state index contributed by atoms with van der Waals surface area (Å²) in [5.41, 5.74) is 5.47. The zero-order chi connectivity index (χ0) is 19.6. The van der Waals surface area contributed by atoms with Gasteiger partial charge in [0.15, 0.2) is 0 Å². The lowest BCUT2D eigenvalue weighted by Gasteiger charge is -2.42. The van der Waals surface area contributed by atoms with E-state index in [9.17, 15) is 4.79 Å². The number of ether oxygens (including phenoxy) is 1.